The molecule has 0 radical (unpaired) electrons. The number of halogens is 1. The number of fused-ring (bicyclic) bond motifs is 2. The zero-order chi connectivity index (χ0) is 16.0. The largest absolute Gasteiger partial charge is 0.343 e. The first-order chi connectivity index (χ1) is 11.1. The molecule has 1 N–H and O–H groups in total. The van der Waals surface area contributed by atoms with Crippen LogP contribution in [-0.2, 0) is 13.0 Å². The van der Waals surface area contributed by atoms with Gasteiger partial charge in [-0.25, -0.2) is 9.07 Å². The van der Waals surface area contributed by atoms with Crippen LogP contribution in [0, 0.1) is 5.82 Å². The van der Waals surface area contributed by atoms with E-state index in [1.54, 1.807) is 16.8 Å². The van der Waals surface area contributed by atoms with E-state index >= 15 is 0 Å². The molecule has 2 heterocycles. The maximum Gasteiger partial charge on any atom is 0.203 e. The van der Waals surface area contributed by atoms with Crippen LogP contribution in [0.25, 0.3) is 11.0 Å². The van der Waals surface area contributed by atoms with Crippen molar-refractivity contribution in [3.05, 3.63) is 63.3 Å². The van der Waals surface area contributed by atoms with Crippen molar-refractivity contribution in [3.63, 3.8) is 0 Å². The van der Waals surface area contributed by atoms with E-state index in [1.807, 2.05) is 0 Å². The number of hydrogen-bond acceptors (Lipinski definition) is 3. The van der Waals surface area contributed by atoms with Gasteiger partial charge in [0.2, 0.25) is 5.43 Å². The lowest BCUT2D eigenvalue weighted by Crippen LogP contribution is -2.23. The third-order valence-corrected chi connectivity index (χ3v) is 4.24. The summed E-state index contributed by atoms with van der Waals surface area (Å²) in [6.45, 7) is 0.423. The fourth-order valence-electron chi connectivity index (χ4n) is 3.08. The van der Waals surface area contributed by atoms with Gasteiger partial charge >= 0.3 is 0 Å². The maximum absolute atomic E-state index is 13.0. The van der Waals surface area contributed by atoms with Gasteiger partial charge in [0.1, 0.15) is 11.5 Å². The van der Waals surface area contributed by atoms with Crippen LogP contribution in [0.2, 0.25) is 0 Å². The van der Waals surface area contributed by atoms with E-state index in [2.05, 4.69) is 10.1 Å². The number of ketones is 1. The number of Topliss-reactive ketones (excluding diaryl/α,β-unsaturated/α-hetero) is 1. The summed E-state index contributed by atoms with van der Waals surface area (Å²) < 4.78 is 14.7. The molecule has 0 atom stereocenters. The molecule has 2 aromatic heterocycles. The lowest BCUT2D eigenvalue weighted by Gasteiger charge is -2.14. The molecule has 0 bridgehead atoms. The first-order valence-corrected chi connectivity index (χ1v) is 7.52. The van der Waals surface area contributed by atoms with Gasteiger partial charge in [0, 0.05) is 12.1 Å². The zero-order valence-corrected chi connectivity index (χ0v) is 12.3. The minimum absolute atomic E-state index is 0.0966. The Morgan fingerprint density at radius 2 is 1.96 bits per heavy atom. The smallest absolute Gasteiger partial charge is 0.203 e. The van der Waals surface area contributed by atoms with Crippen LogP contribution in [0.5, 0.6) is 0 Å². The van der Waals surface area contributed by atoms with Crippen LogP contribution in [-0.4, -0.2) is 20.5 Å². The van der Waals surface area contributed by atoms with Crippen molar-refractivity contribution in [1.82, 2.24) is 14.8 Å². The van der Waals surface area contributed by atoms with E-state index in [1.165, 1.54) is 18.3 Å². The number of nitrogens with zero attached hydrogens (tertiary/aromatic N) is 2. The molecule has 0 unspecified atom stereocenters. The van der Waals surface area contributed by atoms with E-state index < -0.39 is 0 Å². The number of H-pyrrole nitrogens is 1. The highest BCUT2D eigenvalue weighted by Crippen LogP contribution is 2.20. The molecule has 0 amide bonds. The van der Waals surface area contributed by atoms with Crippen LogP contribution in [0.4, 0.5) is 4.39 Å². The highest BCUT2D eigenvalue weighted by molar-refractivity contribution is 6.00. The second-order valence-electron chi connectivity index (χ2n) is 5.78. The Bertz CT molecular complexity index is 970. The fourth-order valence-corrected chi connectivity index (χ4v) is 3.08. The molecule has 1 aromatic carbocycles. The monoisotopic (exact) mass is 311 g/mol. The number of hydrogen-bond donors (Lipinski definition) is 1. The first-order valence-electron chi connectivity index (χ1n) is 7.52. The number of aromatic nitrogens is 3. The molecule has 1 aliphatic carbocycles. The SMILES string of the molecule is O=C1CCCc2[nH]c3c(cnn3Cc3ccc(F)cc3)c(=O)c21. The second-order valence-corrected chi connectivity index (χ2v) is 5.78. The summed E-state index contributed by atoms with van der Waals surface area (Å²) in [5.74, 6) is -0.388. The number of aryl methyl sites for hydroxylation is 1. The molecule has 0 saturated carbocycles. The summed E-state index contributed by atoms with van der Waals surface area (Å²) in [6, 6.07) is 6.15. The minimum atomic E-state index is -0.292. The van der Waals surface area contributed by atoms with E-state index in [-0.39, 0.29) is 22.6 Å². The number of aromatic amines is 1. The molecule has 4 rings (SSSR count). The minimum Gasteiger partial charge on any atom is -0.343 e. The predicted molar refractivity (Wildman–Crippen MR) is 83.1 cm³/mol. The number of nitrogens with one attached hydrogen (secondary N) is 1. The fraction of sp³-hybridized carbons (Fsp3) is 0.235. The van der Waals surface area contributed by atoms with Gasteiger partial charge < -0.3 is 4.98 Å². The van der Waals surface area contributed by atoms with Crippen LogP contribution in [0.3, 0.4) is 0 Å². The molecule has 0 saturated heterocycles. The standard InChI is InChI=1S/C17H14FN3O2/c18-11-6-4-10(5-7-11)9-21-17-12(8-19-21)16(23)15-13(20-17)2-1-3-14(15)22/h4-8H,1-3,9H2,(H,20,23). The summed E-state index contributed by atoms with van der Waals surface area (Å²) in [7, 11) is 0. The van der Waals surface area contributed by atoms with Gasteiger partial charge in [0.05, 0.1) is 23.7 Å². The Hall–Kier alpha value is -2.76. The van der Waals surface area contributed by atoms with Gasteiger partial charge in [-0.3, -0.25) is 9.59 Å². The molecule has 1 aliphatic rings. The van der Waals surface area contributed by atoms with Crippen LogP contribution >= 0.6 is 0 Å². The van der Waals surface area contributed by atoms with Gasteiger partial charge in [-0.15, -0.1) is 0 Å². The molecule has 0 fully saturated rings. The molecule has 5 nitrogen and oxygen atoms in total. The predicted octanol–water partition coefficient (Wildman–Crippen LogP) is 2.43. The van der Waals surface area contributed by atoms with Crippen LogP contribution < -0.4 is 5.43 Å². The molecule has 6 heteroatoms. The van der Waals surface area contributed by atoms with Crippen LogP contribution in [0.1, 0.15) is 34.5 Å². The summed E-state index contributed by atoms with van der Waals surface area (Å²) in [5.41, 5.74) is 2.22. The van der Waals surface area contributed by atoms with Crippen LogP contribution in [0.15, 0.2) is 35.3 Å². The third-order valence-electron chi connectivity index (χ3n) is 4.24. The average Bonchev–Trinajstić information content (AvgIpc) is 2.93. The molecule has 23 heavy (non-hydrogen) atoms. The average molecular weight is 311 g/mol. The number of carbonyl (C=O) groups excluding carboxylic acids is 1. The van der Waals surface area contributed by atoms with Crippen molar-refractivity contribution >= 4 is 16.8 Å². The molecule has 0 aliphatic heterocycles. The molecule has 3 aromatic rings. The molecular formula is C17H14FN3O2. The lowest BCUT2D eigenvalue weighted by atomic mass is 9.94. The topological polar surface area (TPSA) is 67.8 Å². The lowest BCUT2D eigenvalue weighted by molar-refractivity contribution is 0.0970. The second kappa shape index (κ2) is 5.15. The van der Waals surface area contributed by atoms with Crippen molar-refractivity contribution < 1.29 is 9.18 Å². The highest BCUT2D eigenvalue weighted by Gasteiger charge is 2.24. The van der Waals surface area contributed by atoms with Crippen molar-refractivity contribution in [2.24, 2.45) is 0 Å². The summed E-state index contributed by atoms with van der Waals surface area (Å²) in [4.78, 5) is 27.8. The van der Waals surface area contributed by atoms with E-state index in [0.29, 0.717) is 36.1 Å². The first kappa shape index (κ1) is 13.9. The van der Waals surface area contributed by atoms with Gasteiger partial charge in [-0.05, 0) is 30.5 Å². The number of benzene rings is 1. The number of rotatable bonds is 2. The Balaban J connectivity index is 1.83. The summed E-state index contributed by atoms with van der Waals surface area (Å²) in [6.07, 6.45) is 3.35. The van der Waals surface area contributed by atoms with Crippen molar-refractivity contribution in [2.45, 2.75) is 25.8 Å². The van der Waals surface area contributed by atoms with Gasteiger partial charge in [0.25, 0.3) is 0 Å². The molecule has 116 valence electrons. The Morgan fingerprint density at radius 1 is 1.17 bits per heavy atom. The highest BCUT2D eigenvalue weighted by atomic mass is 19.1. The van der Waals surface area contributed by atoms with E-state index in [0.717, 1.165) is 12.0 Å². The quantitative estimate of drug-likeness (QED) is 0.790. The summed E-state index contributed by atoms with van der Waals surface area (Å²) >= 11 is 0. The van der Waals surface area contributed by atoms with E-state index in [9.17, 15) is 14.0 Å². The van der Waals surface area contributed by atoms with Gasteiger partial charge in [-0.1, -0.05) is 12.1 Å². The molecule has 0 spiro atoms. The Morgan fingerprint density at radius 3 is 2.74 bits per heavy atom. The van der Waals surface area contributed by atoms with Crippen molar-refractivity contribution in [1.29, 1.82) is 0 Å². The number of carbonyl (C=O) groups is 1. The van der Waals surface area contributed by atoms with Crippen molar-refractivity contribution in [2.75, 3.05) is 0 Å². The van der Waals surface area contributed by atoms with Gasteiger partial charge in [-0.2, -0.15) is 5.10 Å². The van der Waals surface area contributed by atoms with E-state index in [4.69, 9.17) is 0 Å². The zero-order valence-electron chi connectivity index (χ0n) is 12.3. The Kier molecular flexibility index (Phi) is 3.11. The number of pyridine rings is 1. The summed E-state index contributed by atoms with van der Waals surface area (Å²) in [5, 5.41) is 4.67. The van der Waals surface area contributed by atoms with Gasteiger partial charge in [0.15, 0.2) is 5.78 Å². The Labute approximate surface area is 130 Å². The normalized spacial score (nSPS) is 14.2. The third kappa shape index (κ3) is 2.27. The maximum atomic E-state index is 13.0. The van der Waals surface area contributed by atoms with Crippen molar-refractivity contribution in [3.8, 4) is 0 Å². The molecular weight excluding hydrogens is 297 g/mol.